The Hall–Kier alpha value is -1.99. The molecule has 1 aromatic heterocycles. The fraction of sp³-hybridized carbons (Fsp3) is 0.176. The molecular weight excluding hydrogens is 394 g/mol. The topological polar surface area (TPSA) is 59.8 Å². The van der Waals surface area contributed by atoms with Gasteiger partial charge in [-0.2, -0.15) is 0 Å². The van der Waals surface area contributed by atoms with Crippen molar-refractivity contribution in [1.82, 2.24) is 4.90 Å². The van der Waals surface area contributed by atoms with Gasteiger partial charge in [0.15, 0.2) is 4.67 Å². The number of thioether (sulfide) groups is 1. The maximum atomic E-state index is 12.3. The second-order valence-corrected chi connectivity index (χ2v) is 6.91. The van der Waals surface area contributed by atoms with Gasteiger partial charge < -0.3 is 9.15 Å². The second kappa shape index (κ2) is 7.27. The third-order valence-electron chi connectivity index (χ3n) is 3.35. The SMILES string of the molecule is Cc1ccc(OCCN2C(=O)S/C(=C\c3ccc(Br)o3)C2=O)cc1. The highest BCUT2D eigenvalue weighted by Gasteiger charge is 2.35. The number of ether oxygens (including phenoxy) is 1. The van der Waals surface area contributed by atoms with Crippen molar-refractivity contribution in [3.05, 3.63) is 57.3 Å². The summed E-state index contributed by atoms with van der Waals surface area (Å²) in [6, 6.07) is 11.1. The number of rotatable bonds is 5. The summed E-state index contributed by atoms with van der Waals surface area (Å²) < 4.78 is 11.5. The molecule has 24 heavy (non-hydrogen) atoms. The molecule has 1 aliphatic heterocycles. The molecule has 0 atom stereocenters. The average Bonchev–Trinajstić information content (AvgIpc) is 3.07. The molecule has 3 rings (SSSR count). The van der Waals surface area contributed by atoms with Gasteiger partial charge in [-0.1, -0.05) is 17.7 Å². The number of furan rings is 1. The molecule has 2 aromatic rings. The molecule has 0 radical (unpaired) electrons. The number of amides is 2. The maximum absolute atomic E-state index is 12.3. The smallest absolute Gasteiger partial charge is 0.293 e. The summed E-state index contributed by atoms with van der Waals surface area (Å²) in [4.78, 5) is 25.9. The molecule has 1 saturated heterocycles. The van der Waals surface area contributed by atoms with Gasteiger partial charge in [0.25, 0.3) is 11.1 Å². The van der Waals surface area contributed by atoms with Crippen LogP contribution in [0.25, 0.3) is 6.08 Å². The Bertz CT molecular complexity index is 797. The first-order valence-corrected chi connectivity index (χ1v) is 8.84. The number of nitrogens with zero attached hydrogens (tertiary/aromatic N) is 1. The molecule has 0 unspecified atom stereocenters. The van der Waals surface area contributed by atoms with Crippen LogP contribution in [-0.2, 0) is 4.79 Å². The Kier molecular flexibility index (Phi) is 5.11. The van der Waals surface area contributed by atoms with Crippen LogP contribution >= 0.6 is 27.7 Å². The lowest BCUT2D eigenvalue weighted by molar-refractivity contribution is -0.123. The zero-order valence-corrected chi connectivity index (χ0v) is 15.2. The Morgan fingerprint density at radius 2 is 1.96 bits per heavy atom. The first-order chi connectivity index (χ1) is 11.5. The number of halogens is 1. The Morgan fingerprint density at radius 3 is 2.62 bits per heavy atom. The largest absolute Gasteiger partial charge is 0.492 e. The zero-order valence-electron chi connectivity index (χ0n) is 12.8. The van der Waals surface area contributed by atoms with Gasteiger partial charge in [-0.05, 0) is 58.9 Å². The lowest BCUT2D eigenvalue weighted by Gasteiger charge is -2.13. The number of carbonyl (C=O) groups is 2. The molecule has 124 valence electrons. The Morgan fingerprint density at radius 1 is 1.21 bits per heavy atom. The van der Waals surface area contributed by atoms with E-state index in [0.717, 1.165) is 17.3 Å². The minimum absolute atomic E-state index is 0.206. The van der Waals surface area contributed by atoms with E-state index in [2.05, 4.69) is 15.9 Å². The van der Waals surface area contributed by atoms with Crippen LogP contribution in [0.15, 0.2) is 50.4 Å². The summed E-state index contributed by atoms with van der Waals surface area (Å²) in [5, 5.41) is -0.302. The zero-order chi connectivity index (χ0) is 17.1. The van der Waals surface area contributed by atoms with Crippen molar-refractivity contribution in [3.8, 4) is 5.75 Å². The van der Waals surface area contributed by atoms with Crippen molar-refractivity contribution < 1.29 is 18.7 Å². The molecule has 0 aliphatic carbocycles. The first-order valence-electron chi connectivity index (χ1n) is 7.23. The predicted molar refractivity (Wildman–Crippen MR) is 95.8 cm³/mol. The van der Waals surface area contributed by atoms with Crippen molar-refractivity contribution in [1.29, 1.82) is 0 Å². The lowest BCUT2D eigenvalue weighted by atomic mass is 10.2. The van der Waals surface area contributed by atoms with E-state index in [1.165, 1.54) is 4.90 Å². The predicted octanol–water partition coefficient (Wildman–Crippen LogP) is 4.47. The number of imide groups is 1. The van der Waals surface area contributed by atoms with Crippen LogP contribution in [0.2, 0.25) is 0 Å². The van der Waals surface area contributed by atoms with E-state index in [0.29, 0.717) is 21.1 Å². The van der Waals surface area contributed by atoms with E-state index in [-0.39, 0.29) is 24.3 Å². The summed E-state index contributed by atoms with van der Waals surface area (Å²) in [7, 11) is 0. The molecule has 1 fully saturated rings. The highest BCUT2D eigenvalue weighted by Crippen LogP contribution is 2.32. The normalized spacial score (nSPS) is 16.2. The molecular formula is C17H14BrNO4S. The van der Waals surface area contributed by atoms with Crippen molar-refractivity contribution in [2.45, 2.75) is 6.92 Å². The average molecular weight is 408 g/mol. The van der Waals surface area contributed by atoms with E-state index in [9.17, 15) is 9.59 Å². The van der Waals surface area contributed by atoms with Gasteiger partial charge in [0.2, 0.25) is 0 Å². The standard InChI is InChI=1S/C17H14BrNO4S/c1-11-2-4-12(5-3-11)22-9-8-19-16(20)14(24-17(19)21)10-13-6-7-15(18)23-13/h2-7,10H,8-9H2,1H3/b14-10-. The molecule has 0 saturated carbocycles. The van der Waals surface area contributed by atoms with E-state index >= 15 is 0 Å². The van der Waals surface area contributed by atoms with Crippen molar-refractivity contribution >= 4 is 44.9 Å². The molecule has 1 aliphatic rings. The van der Waals surface area contributed by atoms with Gasteiger partial charge in [0, 0.05) is 6.08 Å². The summed E-state index contributed by atoms with van der Waals surface area (Å²) >= 11 is 4.10. The van der Waals surface area contributed by atoms with Gasteiger partial charge in [-0.15, -0.1) is 0 Å². The molecule has 5 nitrogen and oxygen atoms in total. The van der Waals surface area contributed by atoms with E-state index < -0.39 is 0 Å². The monoisotopic (exact) mass is 407 g/mol. The van der Waals surface area contributed by atoms with Crippen LogP contribution in [0.3, 0.4) is 0 Å². The number of hydrogen-bond acceptors (Lipinski definition) is 5. The summed E-state index contributed by atoms with van der Waals surface area (Å²) in [6.45, 7) is 2.45. The molecule has 0 bridgehead atoms. The summed E-state index contributed by atoms with van der Waals surface area (Å²) in [5.41, 5.74) is 1.14. The summed E-state index contributed by atoms with van der Waals surface area (Å²) in [6.07, 6.45) is 1.57. The van der Waals surface area contributed by atoms with E-state index in [1.54, 1.807) is 18.2 Å². The fourth-order valence-corrected chi connectivity index (χ4v) is 3.28. The van der Waals surface area contributed by atoms with Crippen molar-refractivity contribution in [3.63, 3.8) is 0 Å². The second-order valence-electron chi connectivity index (χ2n) is 5.14. The van der Waals surface area contributed by atoms with Gasteiger partial charge in [-0.25, -0.2) is 0 Å². The van der Waals surface area contributed by atoms with Gasteiger partial charge in [0.1, 0.15) is 18.1 Å². The van der Waals surface area contributed by atoms with Gasteiger partial charge in [-0.3, -0.25) is 14.5 Å². The molecule has 2 amide bonds. The Labute approximate surface area is 151 Å². The molecule has 2 heterocycles. The van der Waals surface area contributed by atoms with Crippen LogP contribution in [0.5, 0.6) is 5.75 Å². The van der Waals surface area contributed by atoms with E-state index in [1.807, 2.05) is 31.2 Å². The highest BCUT2D eigenvalue weighted by molar-refractivity contribution is 9.10. The quantitative estimate of drug-likeness (QED) is 0.684. The van der Waals surface area contributed by atoms with Gasteiger partial charge in [0.05, 0.1) is 11.4 Å². The number of aryl methyl sites for hydroxylation is 1. The Balaban J connectivity index is 1.60. The number of carbonyl (C=O) groups excluding carboxylic acids is 2. The number of hydrogen-bond donors (Lipinski definition) is 0. The maximum Gasteiger partial charge on any atom is 0.293 e. The van der Waals surface area contributed by atoms with Crippen LogP contribution in [0.1, 0.15) is 11.3 Å². The minimum atomic E-state index is -0.329. The van der Waals surface area contributed by atoms with Crippen molar-refractivity contribution in [2.24, 2.45) is 0 Å². The van der Waals surface area contributed by atoms with Gasteiger partial charge >= 0.3 is 0 Å². The van der Waals surface area contributed by atoms with Crippen LogP contribution in [0, 0.1) is 6.92 Å². The first kappa shape index (κ1) is 16.9. The molecule has 1 aromatic carbocycles. The van der Waals surface area contributed by atoms with Crippen LogP contribution in [-0.4, -0.2) is 29.2 Å². The van der Waals surface area contributed by atoms with Crippen molar-refractivity contribution in [2.75, 3.05) is 13.2 Å². The van der Waals surface area contributed by atoms with Crippen LogP contribution < -0.4 is 4.74 Å². The minimum Gasteiger partial charge on any atom is -0.492 e. The lowest BCUT2D eigenvalue weighted by Crippen LogP contribution is -2.32. The molecule has 0 spiro atoms. The molecule has 7 heteroatoms. The third-order valence-corrected chi connectivity index (χ3v) is 4.68. The van der Waals surface area contributed by atoms with E-state index in [4.69, 9.17) is 9.15 Å². The van der Waals surface area contributed by atoms with Crippen LogP contribution in [0.4, 0.5) is 4.79 Å². The molecule has 0 N–H and O–H groups in total. The highest BCUT2D eigenvalue weighted by atomic mass is 79.9. The summed E-state index contributed by atoms with van der Waals surface area (Å²) in [5.74, 6) is 0.900. The fourth-order valence-electron chi connectivity index (χ4n) is 2.12. The third kappa shape index (κ3) is 3.91. The number of benzene rings is 1.